The molecule has 2 aromatic carbocycles. The molecule has 0 aliphatic rings. The molecular formula is C14H13ClN2O. The van der Waals surface area contributed by atoms with Crippen molar-refractivity contribution in [3.63, 3.8) is 0 Å². The summed E-state index contributed by atoms with van der Waals surface area (Å²) in [7, 11) is 0. The minimum absolute atomic E-state index is 0.116. The summed E-state index contributed by atoms with van der Waals surface area (Å²) in [6.45, 7) is 0. The summed E-state index contributed by atoms with van der Waals surface area (Å²) >= 11 is 5.86. The number of hydrogen-bond donors (Lipinski definition) is 2. The van der Waals surface area contributed by atoms with Crippen molar-refractivity contribution in [3.05, 3.63) is 59.1 Å². The van der Waals surface area contributed by atoms with Crippen LogP contribution in [0.25, 0.3) is 0 Å². The maximum Gasteiger partial charge on any atom is 0.228 e. The zero-order valence-electron chi connectivity index (χ0n) is 9.69. The Labute approximate surface area is 111 Å². The predicted octanol–water partition coefficient (Wildman–Crippen LogP) is 3.10. The molecule has 1 amide bonds. The molecule has 2 aromatic rings. The highest BCUT2D eigenvalue weighted by molar-refractivity contribution is 6.30. The number of halogens is 1. The first kappa shape index (κ1) is 12.5. The molecule has 2 rings (SSSR count). The SMILES string of the molecule is Nc1ccccc1NC(=O)Cc1cccc(Cl)c1. The summed E-state index contributed by atoms with van der Waals surface area (Å²) in [5.41, 5.74) is 7.80. The molecule has 0 aliphatic heterocycles. The van der Waals surface area contributed by atoms with Crippen LogP contribution in [0.5, 0.6) is 0 Å². The van der Waals surface area contributed by atoms with Gasteiger partial charge in [0.15, 0.2) is 0 Å². The van der Waals surface area contributed by atoms with Gasteiger partial charge in [0.05, 0.1) is 17.8 Å². The number of nitrogens with two attached hydrogens (primary N) is 1. The predicted molar refractivity (Wildman–Crippen MR) is 74.6 cm³/mol. The topological polar surface area (TPSA) is 55.1 Å². The van der Waals surface area contributed by atoms with Gasteiger partial charge in [-0.2, -0.15) is 0 Å². The van der Waals surface area contributed by atoms with Crippen LogP contribution < -0.4 is 11.1 Å². The van der Waals surface area contributed by atoms with Crippen molar-refractivity contribution in [2.75, 3.05) is 11.1 Å². The maximum absolute atomic E-state index is 11.8. The number of nitrogen functional groups attached to an aromatic ring is 1. The van der Waals surface area contributed by atoms with Gasteiger partial charge in [-0.25, -0.2) is 0 Å². The van der Waals surface area contributed by atoms with Gasteiger partial charge in [0.25, 0.3) is 0 Å². The Bertz CT molecular complexity index is 569. The molecule has 3 N–H and O–H groups in total. The van der Waals surface area contributed by atoms with Gasteiger partial charge in [0.2, 0.25) is 5.91 Å². The van der Waals surface area contributed by atoms with E-state index in [-0.39, 0.29) is 12.3 Å². The first-order chi connectivity index (χ1) is 8.65. The number of para-hydroxylation sites is 2. The molecule has 0 fully saturated rings. The largest absolute Gasteiger partial charge is 0.397 e. The lowest BCUT2D eigenvalue weighted by molar-refractivity contribution is -0.115. The van der Waals surface area contributed by atoms with E-state index in [1.807, 2.05) is 24.3 Å². The van der Waals surface area contributed by atoms with Gasteiger partial charge in [-0.3, -0.25) is 4.79 Å². The van der Waals surface area contributed by atoms with Crippen molar-refractivity contribution in [1.82, 2.24) is 0 Å². The molecule has 0 aromatic heterocycles. The van der Waals surface area contributed by atoms with Gasteiger partial charge >= 0.3 is 0 Å². The van der Waals surface area contributed by atoms with E-state index in [2.05, 4.69) is 5.32 Å². The van der Waals surface area contributed by atoms with Gasteiger partial charge in [0, 0.05) is 5.02 Å². The molecule has 0 spiro atoms. The molecule has 0 unspecified atom stereocenters. The molecule has 0 saturated carbocycles. The van der Waals surface area contributed by atoms with Crippen LogP contribution in [0.3, 0.4) is 0 Å². The molecular weight excluding hydrogens is 248 g/mol. The lowest BCUT2D eigenvalue weighted by Gasteiger charge is -2.07. The standard InChI is InChI=1S/C14H13ClN2O/c15-11-5-3-4-10(8-11)9-14(18)17-13-7-2-1-6-12(13)16/h1-8H,9,16H2,(H,17,18). The minimum Gasteiger partial charge on any atom is -0.397 e. The van der Waals surface area contributed by atoms with Crippen molar-refractivity contribution in [3.8, 4) is 0 Å². The van der Waals surface area contributed by atoms with E-state index in [0.717, 1.165) is 5.56 Å². The van der Waals surface area contributed by atoms with E-state index in [4.69, 9.17) is 17.3 Å². The quantitative estimate of drug-likeness (QED) is 0.833. The van der Waals surface area contributed by atoms with Crippen molar-refractivity contribution >= 4 is 28.9 Å². The third kappa shape index (κ3) is 3.25. The third-order valence-electron chi connectivity index (χ3n) is 2.49. The Balaban J connectivity index is 2.03. The first-order valence-corrected chi connectivity index (χ1v) is 5.92. The van der Waals surface area contributed by atoms with E-state index in [1.165, 1.54) is 0 Å². The summed E-state index contributed by atoms with van der Waals surface area (Å²) in [5.74, 6) is -0.116. The van der Waals surface area contributed by atoms with Gasteiger partial charge < -0.3 is 11.1 Å². The fourth-order valence-corrected chi connectivity index (χ4v) is 1.85. The smallest absolute Gasteiger partial charge is 0.228 e. The second-order valence-corrected chi connectivity index (χ2v) is 4.38. The summed E-state index contributed by atoms with van der Waals surface area (Å²) in [6.07, 6.45) is 0.273. The minimum atomic E-state index is -0.116. The zero-order valence-corrected chi connectivity index (χ0v) is 10.4. The van der Waals surface area contributed by atoms with Gasteiger partial charge in [-0.1, -0.05) is 35.9 Å². The van der Waals surface area contributed by atoms with Crippen LogP contribution in [0.15, 0.2) is 48.5 Å². The van der Waals surface area contributed by atoms with Crippen LogP contribution in [-0.2, 0) is 11.2 Å². The molecule has 0 radical (unpaired) electrons. The Hall–Kier alpha value is -2.00. The van der Waals surface area contributed by atoms with Crippen LogP contribution >= 0.6 is 11.6 Å². The number of carbonyl (C=O) groups excluding carboxylic acids is 1. The Morgan fingerprint density at radius 3 is 2.67 bits per heavy atom. The van der Waals surface area contributed by atoms with Crippen LogP contribution in [0.2, 0.25) is 5.02 Å². The lowest BCUT2D eigenvalue weighted by atomic mass is 10.1. The van der Waals surface area contributed by atoms with E-state index < -0.39 is 0 Å². The first-order valence-electron chi connectivity index (χ1n) is 5.54. The molecule has 0 bridgehead atoms. The fraction of sp³-hybridized carbons (Fsp3) is 0.0714. The normalized spacial score (nSPS) is 10.1. The average molecular weight is 261 g/mol. The van der Waals surface area contributed by atoms with E-state index in [0.29, 0.717) is 16.4 Å². The number of rotatable bonds is 3. The van der Waals surface area contributed by atoms with Gasteiger partial charge in [-0.15, -0.1) is 0 Å². The van der Waals surface area contributed by atoms with Crippen LogP contribution in [-0.4, -0.2) is 5.91 Å². The van der Waals surface area contributed by atoms with E-state index in [1.54, 1.807) is 24.3 Å². The highest BCUT2D eigenvalue weighted by Crippen LogP contribution is 2.17. The average Bonchev–Trinajstić information content (AvgIpc) is 2.32. The molecule has 0 aliphatic carbocycles. The van der Waals surface area contributed by atoms with E-state index >= 15 is 0 Å². The zero-order chi connectivity index (χ0) is 13.0. The summed E-state index contributed by atoms with van der Waals surface area (Å²) in [6, 6.07) is 14.4. The number of hydrogen-bond acceptors (Lipinski definition) is 2. The third-order valence-corrected chi connectivity index (χ3v) is 2.72. The summed E-state index contributed by atoms with van der Waals surface area (Å²) in [5, 5.41) is 3.40. The Morgan fingerprint density at radius 2 is 1.94 bits per heavy atom. The number of benzene rings is 2. The molecule has 4 heteroatoms. The van der Waals surface area contributed by atoms with E-state index in [9.17, 15) is 4.79 Å². The van der Waals surface area contributed by atoms with Crippen molar-refractivity contribution in [2.24, 2.45) is 0 Å². The Kier molecular flexibility index (Phi) is 3.85. The highest BCUT2D eigenvalue weighted by atomic mass is 35.5. The van der Waals surface area contributed by atoms with Crippen LogP contribution in [0.4, 0.5) is 11.4 Å². The monoisotopic (exact) mass is 260 g/mol. The second kappa shape index (κ2) is 5.56. The van der Waals surface area contributed by atoms with Crippen LogP contribution in [0, 0.1) is 0 Å². The summed E-state index contributed by atoms with van der Waals surface area (Å²) in [4.78, 5) is 11.8. The number of carbonyl (C=O) groups is 1. The van der Waals surface area contributed by atoms with Crippen molar-refractivity contribution in [2.45, 2.75) is 6.42 Å². The number of anilines is 2. The molecule has 0 heterocycles. The van der Waals surface area contributed by atoms with Gasteiger partial charge in [0.1, 0.15) is 0 Å². The lowest BCUT2D eigenvalue weighted by Crippen LogP contribution is -2.15. The molecule has 0 atom stereocenters. The van der Waals surface area contributed by atoms with Gasteiger partial charge in [-0.05, 0) is 29.8 Å². The highest BCUT2D eigenvalue weighted by Gasteiger charge is 2.06. The van der Waals surface area contributed by atoms with Crippen LogP contribution in [0.1, 0.15) is 5.56 Å². The summed E-state index contributed by atoms with van der Waals surface area (Å²) < 4.78 is 0. The molecule has 0 saturated heterocycles. The number of amides is 1. The van der Waals surface area contributed by atoms with Crippen molar-refractivity contribution in [1.29, 1.82) is 0 Å². The molecule has 3 nitrogen and oxygen atoms in total. The fourth-order valence-electron chi connectivity index (χ4n) is 1.64. The molecule has 18 heavy (non-hydrogen) atoms. The maximum atomic E-state index is 11.8. The Morgan fingerprint density at radius 1 is 1.17 bits per heavy atom. The van der Waals surface area contributed by atoms with Crippen molar-refractivity contribution < 1.29 is 4.79 Å². The molecule has 92 valence electrons. The second-order valence-electron chi connectivity index (χ2n) is 3.94. The number of nitrogens with one attached hydrogen (secondary N) is 1.